The summed E-state index contributed by atoms with van der Waals surface area (Å²) in [5.74, 6) is 0.0915. The molecule has 2 fully saturated rings. The van der Waals surface area contributed by atoms with Crippen molar-refractivity contribution in [3.8, 4) is 0 Å². The Morgan fingerprint density at radius 2 is 2.22 bits per heavy atom. The maximum absolute atomic E-state index is 12.5. The lowest BCUT2D eigenvalue weighted by molar-refractivity contribution is 0.0768. The zero-order chi connectivity index (χ0) is 15.7. The Morgan fingerprint density at radius 3 is 3.00 bits per heavy atom. The fraction of sp³-hybridized carbons (Fsp3) is 0.471. The molecule has 0 bridgehead atoms. The number of carbonyl (C=O) groups is 1. The molecule has 1 atom stereocenters. The van der Waals surface area contributed by atoms with Crippen LogP contribution in [0.25, 0.3) is 0 Å². The van der Waals surface area contributed by atoms with Gasteiger partial charge in [0.2, 0.25) is 0 Å². The van der Waals surface area contributed by atoms with Crippen molar-refractivity contribution >= 4 is 17.2 Å². The molecule has 0 radical (unpaired) electrons. The highest BCUT2D eigenvalue weighted by Crippen LogP contribution is 2.40. The second-order valence-corrected chi connectivity index (χ2v) is 7.39. The van der Waals surface area contributed by atoms with Gasteiger partial charge in [-0.2, -0.15) is 0 Å². The molecule has 4 rings (SSSR count). The third kappa shape index (κ3) is 3.01. The van der Waals surface area contributed by atoms with Gasteiger partial charge in [-0.3, -0.25) is 14.7 Å². The van der Waals surface area contributed by atoms with E-state index in [0.29, 0.717) is 5.69 Å². The van der Waals surface area contributed by atoms with Crippen LogP contribution >= 0.6 is 11.3 Å². The van der Waals surface area contributed by atoms with Crippen LogP contribution in [-0.4, -0.2) is 51.9 Å². The van der Waals surface area contributed by atoms with E-state index in [4.69, 9.17) is 0 Å². The number of hydrogen-bond donors (Lipinski definition) is 0. The van der Waals surface area contributed by atoms with Gasteiger partial charge >= 0.3 is 0 Å². The molecule has 2 aromatic heterocycles. The second kappa shape index (κ2) is 6.02. The van der Waals surface area contributed by atoms with E-state index in [-0.39, 0.29) is 11.3 Å². The first-order valence-corrected chi connectivity index (χ1v) is 8.97. The minimum atomic E-state index is 0.0915. The van der Waals surface area contributed by atoms with Crippen molar-refractivity contribution in [1.82, 2.24) is 19.8 Å². The third-order valence-electron chi connectivity index (χ3n) is 5.02. The summed E-state index contributed by atoms with van der Waals surface area (Å²) < 4.78 is 0. The molecule has 0 saturated carbocycles. The first kappa shape index (κ1) is 14.8. The smallest absolute Gasteiger partial charge is 0.273 e. The van der Waals surface area contributed by atoms with E-state index in [1.807, 2.05) is 28.7 Å². The number of likely N-dealkylation sites (tertiary alicyclic amines) is 2. The number of nitrogens with zero attached hydrogens (tertiary/aromatic N) is 4. The molecule has 2 aromatic rings. The van der Waals surface area contributed by atoms with E-state index < -0.39 is 0 Å². The Hall–Kier alpha value is -1.79. The molecule has 5 nitrogen and oxygen atoms in total. The Morgan fingerprint density at radius 1 is 1.30 bits per heavy atom. The first-order valence-electron chi connectivity index (χ1n) is 8.03. The Bertz CT molecular complexity index is 675. The van der Waals surface area contributed by atoms with Gasteiger partial charge in [0.05, 0.1) is 5.51 Å². The van der Waals surface area contributed by atoms with E-state index in [1.165, 1.54) is 23.3 Å². The van der Waals surface area contributed by atoms with Gasteiger partial charge in [0.25, 0.3) is 5.91 Å². The maximum atomic E-state index is 12.5. The molecule has 2 aliphatic rings. The molecule has 2 saturated heterocycles. The van der Waals surface area contributed by atoms with Crippen LogP contribution in [0.5, 0.6) is 0 Å². The van der Waals surface area contributed by atoms with Gasteiger partial charge in [0, 0.05) is 49.4 Å². The lowest BCUT2D eigenvalue weighted by Gasteiger charge is -2.24. The molecule has 0 aromatic carbocycles. The summed E-state index contributed by atoms with van der Waals surface area (Å²) in [5.41, 5.74) is 3.85. The zero-order valence-corrected chi connectivity index (χ0v) is 13.8. The number of pyridine rings is 1. The number of hydrogen-bond acceptors (Lipinski definition) is 5. The maximum Gasteiger partial charge on any atom is 0.273 e. The molecule has 6 heteroatoms. The summed E-state index contributed by atoms with van der Waals surface area (Å²) in [6.45, 7) is 4.86. The van der Waals surface area contributed by atoms with Crippen LogP contribution in [0.3, 0.4) is 0 Å². The van der Waals surface area contributed by atoms with Gasteiger partial charge in [-0.05, 0) is 31.0 Å². The van der Waals surface area contributed by atoms with E-state index in [9.17, 15) is 4.79 Å². The molecular weight excluding hydrogens is 308 g/mol. The molecule has 120 valence electrons. The van der Waals surface area contributed by atoms with Gasteiger partial charge in [-0.15, -0.1) is 11.3 Å². The third-order valence-corrected chi connectivity index (χ3v) is 5.61. The van der Waals surface area contributed by atoms with Gasteiger partial charge in [0.1, 0.15) is 5.69 Å². The van der Waals surface area contributed by atoms with Crippen molar-refractivity contribution in [1.29, 1.82) is 0 Å². The highest BCUT2D eigenvalue weighted by molar-refractivity contribution is 7.07. The van der Waals surface area contributed by atoms with Crippen LogP contribution in [0.15, 0.2) is 35.4 Å². The zero-order valence-electron chi connectivity index (χ0n) is 13.0. The summed E-state index contributed by atoms with van der Waals surface area (Å²) in [6, 6.07) is 4.12. The predicted octanol–water partition coefficient (Wildman–Crippen LogP) is 2.28. The summed E-state index contributed by atoms with van der Waals surface area (Å²) in [7, 11) is 0. The van der Waals surface area contributed by atoms with Crippen molar-refractivity contribution in [2.24, 2.45) is 5.41 Å². The van der Waals surface area contributed by atoms with E-state index in [2.05, 4.69) is 20.9 Å². The van der Waals surface area contributed by atoms with Crippen LogP contribution < -0.4 is 0 Å². The van der Waals surface area contributed by atoms with E-state index >= 15 is 0 Å². The van der Waals surface area contributed by atoms with Gasteiger partial charge in [0.15, 0.2) is 0 Å². The molecule has 0 aliphatic carbocycles. The highest BCUT2D eigenvalue weighted by Gasteiger charge is 2.44. The molecule has 4 heterocycles. The average molecular weight is 328 g/mol. The van der Waals surface area contributed by atoms with Crippen molar-refractivity contribution < 1.29 is 4.79 Å². The second-order valence-electron chi connectivity index (χ2n) is 6.67. The Kier molecular flexibility index (Phi) is 3.87. The van der Waals surface area contributed by atoms with E-state index in [0.717, 1.165) is 39.1 Å². The Labute approximate surface area is 140 Å². The monoisotopic (exact) mass is 328 g/mol. The van der Waals surface area contributed by atoms with E-state index in [1.54, 1.807) is 5.51 Å². The van der Waals surface area contributed by atoms with Gasteiger partial charge in [-0.25, -0.2) is 4.98 Å². The fourth-order valence-electron chi connectivity index (χ4n) is 3.83. The summed E-state index contributed by atoms with van der Waals surface area (Å²) in [4.78, 5) is 25.3. The van der Waals surface area contributed by atoms with Crippen molar-refractivity contribution in [2.45, 2.75) is 19.4 Å². The van der Waals surface area contributed by atoms with Crippen LogP contribution in [-0.2, 0) is 6.54 Å². The highest BCUT2D eigenvalue weighted by atomic mass is 32.1. The molecular formula is C17H20N4OS. The molecule has 1 spiro atoms. The van der Waals surface area contributed by atoms with Crippen LogP contribution in [0, 0.1) is 5.41 Å². The quantitative estimate of drug-likeness (QED) is 0.867. The van der Waals surface area contributed by atoms with Gasteiger partial charge in [-0.1, -0.05) is 6.07 Å². The van der Waals surface area contributed by atoms with Gasteiger partial charge < -0.3 is 4.90 Å². The lowest BCUT2D eigenvalue weighted by Crippen LogP contribution is -2.34. The van der Waals surface area contributed by atoms with Crippen LogP contribution in [0.1, 0.15) is 28.9 Å². The molecule has 0 N–H and O–H groups in total. The number of rotatable bonds is 3. The first-order chi connectivity index (χ1) is 11.2. The summed E-state index contributed by atoms with van der Waals surface area (Å²) >= 11 is 1.48. The minimum absolute atomic E-state index is 0.0915. The molecule has 23 heavy (non-hydrogen) atoms. The van der Waals surface area contributed by atoms with Crippen LogP contribution in [0.2, 0.25) is 0 Å². The topological polar surface area (TPSA) is 49.3 Å². The SMILES string of the molecule is O=C(c1cscn1)N1CCC2(CCN(Cc3cccnc3)C2)C1. The number of thiazole rings is 1. The number of amides is 1. The number of carbonyl (C=O) groups excluding carboxylic acids is 1. The predicted molar refractivity (Wildman–Crippen MR) is 89.2 cm³/mol. The fourth-order valence-corrected chi connectivity index (χ4v) is 4.36. The lowest BCUT2D eigenvalue weighted by atomic mass is 9.86. The molecule has 2 aliphatic heterocycles. The average Bonchev–Trinajstić information content (AvgIpc) is 3.31. The molecule has 1 unspecified atom stereocenters. The largest absolute Gasteiger partial charge is 0.337 e. The normalized spacial score (nSPS) is 24.6. The minimum Gasteiger partial charge on any atom is -0.337 e. The number of aromatic nitrogens is 2. The summed E-state index contributed by atoms with van der Waals surface area (Å²) in [6.07, 6.45) is 6.03. The summed E-state index contributed by atoms with van der Waals surface area (Å²) in [5, 5.41) is 1.84. The Balaban J connectivity index is 1.38. The van der Waals surface area contributed by atoms with Crippen molar-refractivity contribution in [3.63, 3.8) is 0 Å². The van der Waals surface area contributed by atoms with Crippen molar-refractivity contribution in [3.05, 3.63) is 46.7 Å². The van der Waals surface area contributed by atoms with Crippen LogP contribution in [0.4, 0.5) is 0 Å². The molecule has 1 amide bonds. The van der Waals surface area contributed by atoms with Crippen molar-refractivity contribution in [2.75, 3.05) is 26.2 Å². The standard InChI is InChI=1S/C17H20N4OS/c22-16(15-10-23-13-19-15)21-7-4-17(12-21)3-6-20(11-17)9-14-2-1-5-18-8-14/h1-2,5,8,10,13H,3-4,6-7,9,11-12H2.